The number of nitrogens with zero attached hydrogens (tertiary/aromatic N) is 1. The molecule has 12 heteroatoms. The number of benzene rings is 1. The van der Waals surface area contributed by atoms with Gasteiger partial charge < -0.3 is 15.3 Å². The molecule has 0 spiro atoms. The van der Waals surface area contributed by atoms with E-state index >= 15 is 0 Å². The van der Waals surface area contributed by atoms with E-state index in [-0.39, 0.29) is 5.56 Å². The van der Waals surface area contributed by atoms with Crippen LogP contribution in [0.1, 0.15) is 24.7 Å². The molecule has 2 heterocycles. The molecule has 0 unspecified atom stereocenters. The zero-order chi connectivity index (χ0) is 21.8. The molecule has 0 saturated carbocycles. The van der Waals surface area contributed by atoms with Crippen LogP contribution in [0.5, 0.6) is 0 Å². The second-order valence-electron chi connectivity index (χ2n) is 7.17. The van der Waals surface area contributed by atoms with Crippen LogP contribution in [0.2, 0.25) is 0 Å². The molecule has 2 saturated heterocycles. The average molecular weight is 461 g/mol. The maximum absolute atomic E-state index is 12.8. The van der Waals surface area contributed by atoms with E-state index in [9.17, 15) is 32.5 Å². The highest BCUT2D eigenvalue weighted by Gasteiger charge is 2.73. The van der Waals surface area contributed by atoms with Crippen LogP contribution in [0, 0.1) is 0 Å². The first-order valence-electron chi connectivity index (χ1n) is 8.49. The van der Waals surface area contributed by atoms with Crippen LogP contribution in [0.3, 0.4) is 0 Å². The normalized spacial score (nSPS) is 29.0. The van der Waals surface area contributed by atoms with E-state index in [4.69, 9.17) is 0 Å². The number of aliphatic carboxylic acids is 1. The van der Waals surface area contributed by atoms with Crippen molar-refractivity contribution in [3.63, 3.8) is 0 Å². The summed E-state index contributed by atoms with van der Waals surface area (Å²) >= 11 is 2.25. The summed E-state index contributed by atoms with van der Waals surface area (Å²) in [6.07, 6.45) is 1.60. The van der Waals surface area contributed by atoms with Crippen LogP contribution in [-0.4, -0.2) is 68.1 Å². The van der Waals surface area contributed by atoms with Gasteiger partial charge >= 0.3 is 5.97 Å². The van der Waals surface area contributed by atoms with Crippen molar-refractivity contribution >= 4 is 51.4 Å². The lowest BCUT2D eigenvalue weighted by Crippen LogP contribution is -2.74. The number of nitrogens with one attached hydrogen (secondary N) is 1. The number of β-lactam (4-membered cyclic amide) rings is 1. The van der Waals surface area contributed by atoms with Crippen LogP contribution in [0.4, 0.5) is 0 Å². The number of carbonyl (C=O) groups is 3. The molecule has 1 aromatic carbocycles. The molecule has 3 N–H and O–H groups in total. The molecular formula is C17H20N2O7S3. The van der Waals surface area contributed by atoms with Gasteiger partial charge in [-0.25, -0.2) is 4.79 Å². The lowest BCUT2D eigenvalue weighted by atomic mass is 9.95. The SMILES string of the molecule is CS[C@@]1(C(=O)O)N2C(=O)[C@H](NC(=O)[C@@H](c3ccccc3)S(=O)(=O)O)[C@H]2SC1(C)C. The third-order valence-corrected chi connectivity index (χ3v) is 9.43. The van der Waals surface area contributed by atoms with Crippen LogP contribution in [0.15, 0.2) is 30.3 Å². The number of rotatable bonds is 6. The number of amides is 2. The summed E-state index contributed by atoms with van der Waals surface area (Å²) in [5.74, 6) is -2.82. The Morgan fingerprint density at radius 3 is 2.34 bits per heavy atom. The molecule has 0 aromatic heterocycles. The lowest BCUT2D eigenvalue weighted by Gasteiger charge is -2.49. The van der Waals surface area contributed by atoms with Gasteiger partial charge in [0.1, 0.15) is 11.4 Å². The Bertz CT molecular complexity index is 966. The molecule has 2 aliphatic rings. The number of thioether (sulfide) groups is 2. The third-order valence-electron chi connectivity index (χ3n) is 5.14. The van der Waals surface area contributed by atoms with Crippen molar-refractivity contribution in [2.45, 2.75) is 40.1 Å². The number of hydrogen-bond acceptors (Lipinski definition) is 7. The minimum absolute atomic E-state index is 0.0551. The number of carboxylic acids is 1. The molecule has 9 nitrogen and oxygen atoms in total. The highest BCUT2D eigenvalue weighted by atomic mass is 32.2. The van der Waals surface area contributed by atoms with E-state index in [1.807, 2.05) is 0 Å². The van der Waals surface area contributed by atoms with E-state index in [0.717, 1.165) is 11.8 Å². The molecule has 0 radical (unpaired) electrons. The maximum Gasteiger partial charge on any atom is 0.341 e. The van der Waals surface area contributed by atoms with Crippen LogP contribution in [-0.2, 0) is 24.5 Å². The predicted molar refractivity (Wildman–Crippen MR) is 109 cm³/mol. The molecule has 29 heavy (non-hydrogen) atoms. The smallest absolute Gasteiger partial charge is 0.341 e. The Balaban J connectivity index is 1.88. The summed E-state index contributed by atoms with van der Waals surface area (Å²) in [5.41, 5.74) is 0.0551. The van der Waals surface area contributed by atoms with Gasteiger partial charge in [-0.3, -0.25) is 14.1 Å². The van der Waals surface area contributed by atoms with E-state index in [1.54, 1.807) is 26.2 Å². The van der Waals surface area contributed by atoms with Crippen molar-refractivity contribution in [3.05, 3.63) is 35.9 Å². The van der Waals surface area contributed by atoms with Gasteiger partial charge in [-0.1, -0.05) is 30.3 Å². The van der Waals surface area contributed by atoms with Gasteiger partial charge in [-0.05, 0) is 25.7 Å². The van der Waals surface area contributed by atoms with Crippen molar-refractivity contribution in [1.29, 1.82) is 0 Å². The highest BCUT2D eigenvalue weighted by molar-refractivity contribution is 8.06. The summed E-state index contributed by atoms with van der Waals surface area (Å²) in [5, 5.41) is 9.65. The molecule has 0 bridgehead atoms. The highest BCUT2D eigenvalue weighted by Crippen LogP contribution is 2.60. The Labute approximate surface area is 176 Å². The van der Waals surface area contributed by atoms with Gasteiger partial charge in [0.15, 0.2) is 5.25 Å². The van der Waals surface area contributed by atoms with E-state index in [1.165, 1.54) is 40.9 Å². The van der Waals surface area contributed by atoms with Crippen molar-refractivity contribution < 1.29 is 32.5 Å². The van der Waals surface area contributed by atoms with Crippen molar-refractivity contribution in [1.82, 2.24) is 10.2 Å². The number of carboxylic acid groups (broad SMARTS) is 1. The molecule has 2 aliphatic heterocycles. The second kappa shape index (κ2) is 7.18. The van der Waals surface area contributed by atoms with E-state index < -0.39 is 54.2 Å². The van der Waals surface area contributed by atoms with Crippen molar-refractivity contribution in [2.75, 3.05) is 6.26 Å². The molecule has 3 rings (SSSR count). The van der Waals surface area contributed by atoms with Crippen molar-refractivity contribution in [2.24, 2.45) is 0 Å². The quantitative estimate of drug-likeness (QED) is 0.418. The fourth-order valence-corrected chi connectivity index (χ4v) is 7.84. The molecule has 0 aliphatic carbocycles. The first kappa shape index (κ1) is 21.9. The summed E-state index contributed by atoms with van der Waals surface area (Å²) in [6, 6.07) is 6.33. The van der Waals surface area contributed by atoms with Gasteiger partial charge in [0, 0.05) is 0 Å². The number of carbonyl (C=O) groups excluding carboxylic acids is 2. The van der Waals surface area contributed by atoms with E-state index in [2.05, 4.69) is 5.32 Å². The summed E-state index contributed by atoms with van der Waals surface area (Å²) in [6.45, 7) is 3.41. The fraction of sp³-hybridized carbons (Fsp3) is 0.471. The molecule has 4 atom stereocenters. The largest absolute Gasteiger partial charge is 0.479 e. The second-order valence-corrected chi connectivity index (χ2v) is 11.4. The number of fused-ring (bicyclic) bond motifs is 1. The van der Waals surface area contributed by atoms with Gasteiger partial charge in [-0.2, -0.15) is 8.42 Å². The first-order valence-corrected chi connectivity index (χ1v) is 12.1. The van der Waals surface area contributed by atoms with Gasteiger partial charge in [0.2, 0.25) is 10.8 Å². The summed E-state index contributed by atoms with van der Waals surface area (Å²) in [7, 11) is -4.79. The number of hydrogen-bond donors (Lipinski definition) is 3. The fourth-order valence-electron chi connectivity index (χ4n) is 3.83. The summed E-state index contributed by atoms with van der Waals surface area (Å²) in [4.78, 5) is 37.2. The Kier molecular flexibility index (Phi) is 5.43. The average Bonchev–Trinajstić information content (AvgIpc) is 2.84. The van der Waals surface area contributed by atoms with E-state index in [0.29, 0.717) is 0 Å². The van der Waals surface area contributed by atoms with Gasteiger partial charge in [0.05, 0.1) is 4.75 Å². The summed E-state index contributed by atoms with van der Waals surface area (Å²) < 4.78 is 32.4. The zero-order valence-corrected chi connectivity index (χ0v) is 18.2. The Morgan fingerprint density at radius 2 is 1.86 bits per heavy atom. The standard InChI is InChI=1S/C17H20N2O7S3/c1-16(2)17(27-3,15(22)23)19-13(21)10(14(19)28-16)18-12(20)11(29(24,25)26)9-7-5-4-6-8-9/h4-8,10-11,14H,1-3H3,(H,18,20)(H,22,23)(H,24,25,26)/t10-,11+,14+,17+/m0/s1. The predicted octanol–water partition coefficient (Wildman–Crippen LogP) is 0.938. The van der Waals surface area contributed by atoms with Gasteiger partial charge in [-0.15, -0.1) is 23.5 Å². The zero-order valence-electron chi connectivity index (χ0n) is 15.7. The lowest BCUT2D eigenvalue weighted by molar-refractivity contribution is -0.163. The molecule has 2 fully saturated rings. The van der Waals surface area contributed by atoms with Crippen molar-refractivity contribution in [3.8, 4) is 0 Å². The van der Waals surface area contributed by atoms with Crippen LogP contribution >= 0.6 is 23.5 Å². The topological polar surface area (TPSA) is 141 Å². The molecular weight excluding hydrogens is 440 g/mol. The Morgan fingerprint density at radius 1 is 1.28 bits per heavy atom. The Hall–Kier alpha value is -1.76. The minimum atomic E-state index is -4.79. The van der Waals surface area contributed by atoms with Crippen LogP contribution in [0.25, 0.3) is 0 Å². The minimum Gasteiger partial charge on any atom is -0.479 e. The molecule has 1 aromatic rings. The first-order chi connectivity index (χ1) is 13.4. The van der Waals surface area contributed by atoms with Gasteiger partial charge in [0.25, 0.3) is 16.0 Å². The van der Waals surface area contributed by atoms with Crippen LogP contribution < -0.4 is 5.32 Å². The molecule has 2 amide bonds. The molecule has 158 valence electrons. The third kappa shape index (κ3) is 3.22. The monoisotopic (exact) mass is 460 g/mol. The maximum atomic E-state index is 12.8.